The minimum atomic E-state index is 0.112. The maximum atomic E-state index is 5.68. The minimum absolute atomic E-state index is 0.112. The van der Waals surface area contributed by atoms with Crippen LogP contribution in [-0.2, 0) is 0 Å². The number of hydrogen-bond acceptors (Lipinski definition) is 5. The highest BCUT2D eigenvalue weighted by atomic mass is 16.4. The summed E-state index contributed by atoms with van der Waals surface area (Å²) in [5, 5.41) is 11.5. The van der Waals surface area contributed by atoms with Crippen LogP contribution >= 0.6 is 0 Å². The Labute approximate surface area is 107 Å². The van der Waals surface area contributed by atoms with E-state index in [1.54, 1.807) is 6.26 Å². The van der Waals surface area contributed by atoms with Crippen LogP contribution in [0.5, 0.6) is 0 Å². The third-order valence-electron chi connectivity index (χ3n) is 2.84. The molecule has 0 amide bonds. The van der Waals surface area contributed by atoms with E-state index >= 15 is 0 Å². The fourth-order valence-electron chi connectivity index (χ4n) is 1.78. The van der Waals surface area contributed by atoms with Gasteiger partial charge in [0.15, 0.2) is 5.76 Å². The molecule has 0 spiro atoms. The summed E-state index contributed by atoms with van der Waals surface area (Å²) in [7, 11) is 0. The average molecular weight is 249 g/mol. The van der Waals surface area contributed by atoms with E-state index < -0.39 is 0 Å². The van der Waals surface area contributed by atoms with Crippen molar-refractivity contribution in [2.75, 3.05) is 6.54 Å². The number of aromatic nitrogens is 2. The zero-order valence-electron chi connectivity index (χ0n) is 11.1. The molecule has 1 N–H and O–H groups in total. The van der Waals surface area contributed by atoms with Gasteiger partial charge in [-0.2, -0.15) is 0 Å². The number of rotatable bonds is 6. The van der Waals surface area contributed by atoms with Crippen LogP contribution in [-0.4, -0.2) is 16.7 Å². The van der Waals surface area contributed by atoms with Gasteiger partial charge in [0.1, 0.15) is 0 Å². The van der Waals surface area contributed by atoms with E-state index in [0.717, 1.165) is 24.9 Å². The van der Waals surface area contributed by atoms with Gasteiger partial charge in [-0.15, -0.1) is 10.2 Å². The molecule has 0 aliphatic rings. The lowest BCUT2D eigenvalue weighted by Crippen LogP contribution is -2.21. The predicted octanol–water partition coefficient (Wildman–Crippen LogP) is 3.09. The van der Waals surface area contributed by atoms with Crippen molar-refractivity contribution in [1.82, 2.24) is 15.5 Å². The van der Waals surface area contributed by atoms with Crippen molar-refractivity contribution in [3.8, 4) is 11.7 Å². The van der Waals surface area contributed by atoms with Crippen LogP contribution in [0.2, 0.25) is 0 Å². The van der Waals surface area contributed by atoms with E-state index in [1.165, 1.54) is 0 Å². The molecule has 0 radical (unpaired) electrons. The van der Waals surface area contributed by atoms with E-state index in [4.69, 9.17) is 8.83 Å². The second kappa shape index (κ2) is 5.82. The molecule has 1 atom stereocenters. The highest BCUT2D eigenvalue weighted by Gasteiger charge is 2.19. The zero-order chi connectivity index (χ0) is 13.0. The molecule has 0 saturated carbocycles. The molecule has 0 aromatic carbocycles. The number of aryl methyl sites for hydroxylation is 1. The normalized spacial score (nSPS) is 12.8. The summed E-state index contributed by atoms with van der Waals surface area (Å²) in [5.41, 5.74) is 1.000. The Balaban J connectivity index is 2.16. The maximum Gasteiger partial charge on any atom is 0.283 e. The number of furan rings is 1. The average Bonchev–Trinajstić information content (AvgIpc) is 2.99. The van der Waals surface area contributed by atoms with E-state index in [1.807, 2.05) is 13.0 Å². The topological polar surface area (TPSA) is 64.1 Å². The molecule has 5 nitrogen and oxygen atoms in total. The van der Waals surface area contributed by atoms with Gasteiger partial charge in [-0.3, -0.25) is 0 Å². The minimum Gasteiger partial charge on any atom is -0.459 e. The third kappa shape index (κ3) is 2.61. The molecule has 2 aromatic rings. The van der Waals surface area contributed by atoms with Gasteiger partial charge in [0.25, 0.3) is 5.89 Å². The Bertz CT molecular complexity index is 490. The first kappa shape index (κ1) is 12.8. The van der Waals surface area contributed by atoms with Crippen molar-refractivity contribution in [1.29, 1.82) is 0 Å². The second-order valence-corrected chi connectivity index (χ2v) is 4.29. The molecule has 1 unspecified atom stereocenters. The Morgan fingerprint density at radius 1 is 1.33 bits per heavy atom. The summed E-state index contributed by atoms with van der Waals surface area (Å²) in [5.74, 6) is 1.72. The lowest BCUT2D eigenvalue weighted by Gasteiger charge is -2.11. The predicted molar refractivity (Wildman–Crippen MR) is 68.1 cm³/mol. The largest absolute Gasteiger partial charge is 0.459 e. The third-order valence-corrected chi connectivity index (χ3v) is 2.84. The van der Waals surface area contributed by atoms with E-state index in [9.17, 15) is 0 Å². The van der Waals surface area contributed by atoms with Gasteiger partial charge in [0.05, 0.1) is 12.3 Å². The SMILES string of the molecule is CCCNC(CC)c1nnc(-c2occc2C)o1. The van der Waals surface area contributed by atoms with Crippen LogP contribution in [0.25, 0.3) is 11.7 Å². The lowest BCUT2D eigenvalue weighted by atomic mass is 10.2. The standard InChI is InChI=1S/C13H19N3O2/c1-4-7-14-10(5-2)12-15-16-13(18-12)11-9(3)6-8-17-11/h6,8,10,14H,4-5,7H2,1-3H3. The molecule has 0 fully saturated rings. The number of hydrogen-bond donors (Lipinski definition) is 1. The Hall–Kier alpha value is -1.62. The molecule has 5 heteroatoms. The Kier molecular flexibility index (Phi) is 4.15. The van der Waals surface area contributed by atoms with E-state index in [-0.39, 0.29) is 6.04 Å². The van der Waals surface area contributed by atoms with E-state index in [2.05, 4.69) is 29.4 Å². The first-order valence-corrected chi connectivity index (χ1v) is 6.37. The summed E-state index contributed by atoms with van der Waals surface area (Å²) < 4.78 is 11.0. The van der Waals surface area contributed by atoms with Crippen molar-refractivity contribution >= 4 is 0 Å². The van der Waals surface area contributed by atoms with Crippen LogP contribution in [0.3, 0.4) is 0 Å². The summed E-state index contributed by atoms with van der Waals surface area (Å²) >= 11 is 0. The summed E-state index contributed by atoms with van der Waals surface area (Å²) in [6, 6.07) is 1.99. The van der Waals surface area contributed by atoms with Crippen LogP contribution in [0.4, 0.5) is 0 Å². The fourth-order valence-corrected chi connectivity index (χ4v) is 1.78. The summed E-state index contributed by atoms with van der Waals surface area (Å²) in [6.07, 6.45) is 3.62. The summed E-state index contributed by atoms with van der Waals surface area (Å²) in [6.45, 7) is 7.12. The molecule has 2 rings (SSSR count). The van der Waals surface area contributed by atoms with Crippen molar-refractivity contribution in [3.63, 3.8) is 0 Å². The molecule has 2 aromatic heterocycles. The van der Waals surface area contributed by atoms with Crippen LogP contribution in [0.15, 0.2) is 21.2 Å². The van der Waals surface area contributed by atoms with Gasteiger partial charge in [-0.25, -0.2) is 0 Å². The van der Waals surface area contributed by atoms with Crippen molar-refractivity contribution < 1.29 is 8.83 Å². The zero-order valence-corrected chi connectivity index (χ0v) is 11.1. The molecule has 0 saturated heterocycles. The van der Waals surface area contributed by atoms with Crippen molar-refractivity contribution in [2.45, 2.75) is 39.7 Å². The first-order chi connectivity index (χ1) is 8.76. The van der Waals surface area contributed by atoms with Gasteiger partial charge in [0.2, 0.25) is 5.89 Å². The van der Waals surface area contributed by atoms with E-state index in [0.29, 0.717) is 17.5 Å². The Morgan fingerprint density at radius 3 is 2.78 bits per heavy atom. The quantitative estimate of drug-likeness (QED) is 0.852. The highest BCUT2D eigenvalue weighted by molar-refractivity contribution is 5.49. The van der Waals surface area contributed by atoms with Gasteiger partial charge in [0, 0.05) is 5.56 Å². The van der Waals surface area contributed by atoms with Gasteiger partial charge in [-0.05, 0) is 32.4 Å². The second-order valence-electron chi connectivity index (χ2n) is 4.29. The fraction of sp³-hybridized carbons (Fsp3) is 0.538. The number of nitrogens with one attached hydrogen (secondary N) is 1. The molecule has 0 aliphatic carbocycles. The molecule has 18 heavy (non-hydrogen) atoms. The van der Waals surface area contributed by atoms with Gasteiger partial charge in [-0.1, -0.05) is 13.8 Å². The van der Waals surface area contributed by atoms with Crippen LogP contribution < -0.4 is 5.32 Å². The molecule has 2 heterocycles. The smallest absolute Gasteiger partial charge is 0.283 e. The molecule has 0 aliphatic heterocycles. The molecular formula is C13H19N3O2. The van der Waals surface area contributed by atoms with Crippen LogP contribution in [0.1, 0.15) is 44.2 Å². The molecular weight excluding hydrogens is 230 g/mol. The highest BCUT2D eigenvalue weighted by Crippen LogP contribution is 2.25. The van der Waals surface area contributed by atoms with Crippen LogP contribution in [0, 0.1) is 6.92 Å². The number of nitrogens with zero attached hydrogens (tertiary/aromatic N) is 2. The van der Waals surface area contributed by atoms with Crippen molar-refractivity contribution in [2.24, 2.45) is 0 Å². The molecule has 0 bridgehead atoms. The van der Waals surface area contributed by atoms with Gasteiger partial charge < -0.3 is 14.2 Å². The Morgan fingerprint density at radius 2 is 2.17 bits per heavy atom. The lowest BCUT2D eigenvalue weighted by molar-refractivity contribution is 0.391. The monoisotopic (exact) mass is 249 g/mol. The van der Waals surface area contributed by atoms with Crippen molar-refractivity contribution in [3.05, 3.63) is 23.8 Å². The van der Waals surface area contributed by atoms with Gasteiger partial charge >= 0.3 is 0 Å². The summed E-state index contributed by atoms with van der Waals surface area (Å²) in [4.78, 5) is 0. The first-order valence-electron chi connectivity index (χ1n) is 6.37. The molecule has 98 valence electrons. The maximum absolute atomic E-state index is 5.68.